The lowest BCUT2D eigenvalue weighted by atomic mass is 9.97. The van der Waals surface area contributed by atoms with Crippen LogP contribution in [-0.2, 0) is 11.3 Å². The van der Waals surface area contributed by atoms with E-state index in [1.54, 1.807) is 6.07 Å². The molecule has 0 saturated carbocycles. The number of hydrogen-bond donors (Lipinski definition) is 1. The number of aliphatic imine (C=N–C) groups is 1. The molecule has 0 aliphatic carbocycles. The highest BCUT2D eigenvalue weighted by molar-refractivity contribution is 9.10. The molecule has 0 amide bonds. The number of nitrogens with zero attached hydrogens (tertiary/aromatic N) is 1. The quantitative estimate of drug-likeness (QED) is 0.863. The van der Waals surface area contributed by atoms with Crippen molar-refractivity contribution in [1.82, 2.24) is 0 Å². The summed E-state index contributed by atoms with van der Waals surface area (Å²) in [4.78, 5) is 4.49. The van der Waals surface area contributed by atoms with Gasteiger partial charge >= 0.3 is 0 Å². The van der Waals surface area contributed by atoms with Gasteiger partial charge in [0, 0.05) is 30.4 Å². The molecule has 0 radical (unpaired) electrons. The number of anilines is 1. The molecule has 1 aromatic carbocycles. The van der Waals surface area contributed by atoms with Crippen LogP contribution in [-0.4, -0.2) is 19.0 Å². The average molecular weight is 313 g/mol. The summed E-state index contributed by atoms with van der Waals surface area (Å²) in [6, 6.07) is 3.63. The molecule has 0 bridgehead atoms. The fraction of sp³-hybridized carbons (Fsp3) is 0.462. The van der Waals surface area contributed by atoms with E-state index < -0.39 is 0 Å². The van der Waals surface area contributed by atoms with Crippen molar-refractivity contribution in [3.05, 3.63) is 28.0 Å². The van der Waals surface area contributed by atoms with Crippen molar-refractivity contribution < 1.29 is 9.13 Å². The lowest BCUT2D eigenvalue weighted by molar-refractivity contribution is 0.0827. The van der Waals surface area contributed by atoms with E-state index in [1.165, 1.54) is 0 Å². The van der Waals surface area contributed by atoms with E-state index >= 15 is 0 Å². The van der Waals surface area contributed by atoms with Crippen LogP contribution in [0.2, 0.25) is 0 Å². The zero-order valence-corrected chi connectivity index (χ0v) is 11.5. The van der Waals surface area contributed by atoms with E-state index in [9.17, 15) is 4.39 Å². The molecule has 1 N–H and O–H groups in total. The highest BCUT2D eigenvalue weighted by Gasteiger charge is 2.24. The second-order valence-electron chi connectivity index (χ2n) is 4.60. The average Bonchev–Trinajstić information content (AvgIpc) is 2.44. The molecule has 1 aromatic rings. The Kier molecular flexibility index (Phi) is 3.35. The third kappa shape index (κ3) is 2.17. The van der Waals surface area contributed by atoms with Crippen molar-refractivity contribution in [2.75, 3.05) is 18.5 Å². The summed E-state index contributed by atoms with van der Waals surface area (Å²) in [7, 11) is 0. The fourth-order valence-corrected chi connectivity index (χ4v) is 2.78. The van der Waals surface area contributed by atoms with Crippen molar-refractivity contribution in [3.8, 4) is 0 Å². The number of amidine groups is 1. The lowest BCUT2D eigenvalue weighted by Gasteiger charge is -2.28. The Bertz CT molecular complexity index is 498. The molecule has 96 valence electrons. The number of nitrogens with one attached hydrogen (secondary N) is 1. The smallest absolute Gasteiger partial charge is 0.144 e. The van der Waals surface area contributed by atoms with E-state index in [-0.39, 0.29) is 5.82 Å². The molecule has 18 heavy (non-hydrogen) atoms. The highest BCUT2D eigenvalue weighted by atomic mass is 79.9. The van der Waals surface area contributed by atoms with Crippen molar-refractivity contribution in [3.63, 3.8) is 0 Å². The van der Waals surface area contributed by atoms with E-state index in [2.05, 4.69) is 26.2 Å². The molecule has 0 unspecified atom stereocenters. The third-order valence-corrected chi connectivity index (χ3v) is 4.09. The van der Waals surface area contributed by atoms with Crippen LogP contribution in [0.15, 0.2) is 21.6 Å². The topological polar surface area (TPSA) is 33.6 Å². The first-order chi connectivity index (χ1) is 8.75. The van der Waals surface area contributed by atoms with Crippen LogP contribution in [0, 0.1) is 11.7 Å². The number of halogens is 2. The van der Waals surface area contributed by atoms with Gasteiger partial charge in [-0.15, -0.1) is 0 Å². The van der Waals surface area contributed by atoms with Gasteiger partial charge in [-0.25, -0.2) is 4.39 Å². The molecule has 1 fully saturated rings. The van der Waals surface area contributed by atoms with Gasteiger partial charge in [-0.2, -0.15) is 0 Å². The molecule has 3 nitrogen and oxygen atoms in total. The molecular formula is C13H14BrFN2O. The Labute approximate surface area is 114 Å². The van der Waals surface area contributed by atoms with E-state index in [0.29, 0.717) is 22.5 Å². The Balaban J connectivity index is 1.84. The largest absolute Gasteiger partial charge is 0.381 e. The van der Waals surface area contributed by atoms with Crippen LogP contribution in [0.5, 0.6) is 0 Å². The van der Waals surface area contributed by atoms with Crippen molar-refractivity contribution in [2.24, 2.45) is 10.9 Å². The molecule has 0 spiro atoms. The minimum Gasteiger partial charge on any atom is -0.381 e. The van der Waals surface area contributed by atoms with Crippen molar-refractivity contribution in [2.45, 2.75) is 19.4 Å². The molecule has 1 saturated heterocycles. The molecule has 0 atom stereocenters. The first kappa shape index (κ1) is 12.1. The first-order valence-corrected chi connectivity index (χ1v) is 6.91. The zero-order valence-electron chi connectivity index (χ0n) is 9.88. The minimum absolute atomic E-state index is 0.213. The number of benzene rings is 1. The fourth-order valence-electron chi connectivity index (χ4n) is 2.41. The van der Waals surface area contributed by atoms with Gasteiger partial charge in [0.25, 0.3) is 0 Å². The molecular weight excluding hydrogens is 299 g/mol. The van der Waals surface area contributed by atoms with E-state index in [0.717, 1.165) is 37.6 Å². The Hall–Kier alpha value is -0.940. The van der Waals surface area contributed by atoms with Crippen LogP contribution < -0.4 is 5.32 Å². The van der Waals surface area contributed by atoms with Gasteiger partial charge in [-0.05, 0) is 40.9 Å². The number of ether oxygens (including phenoxy) is 1. The summed E-state index contributed by atoms with van der Waals surface area (Å²) in [6.45, 7) is 1.99. The predicted molar refractivity (Wildman–Crippen MR) is 72.4 cm³/mol. The van der Waals surface area contributed by atoms with Gasteiger partial charge in [0.05, 0.1) is 11.0 Å². The molecule has 2 aliphatic heterocycles. The molecule has 3 rings (SSSR count). The van der Waals surface area contributed by atoms with Gasteiger partial charge in [-0.3, -0.25) is 4.99 Å². The highest BCUT2D eigenvalue weighted by Crippen LogP contribution is 2.31. The van der Waals surface area contributed by atoms with Crippen LogP contribution in [0.3, 0.4) is 0 Å². The van der Waals surface area contributed by atoms with Crippen molar-refractivity contribution in [1.29, 1.82) is 0 Å². The number of rotatable bonds is 1. The maximum atomic E-state index is 13.9. The lowest BCUT2D eigenvalue weighted by Crippen LogP contribution is -2.31. The summed E-state index contributed by atoms with van der Waals surface area (Å²) in [5.74, 6) is 1.18. The maximum absolute atomic E-state index is 13.9. The second-order valence-corrected chi connectivity index (χ2v) is 5.45. The van der Waals surface area contributed by atoms with Crippen molar-refractivity contribution >= 4 is 27.5 Å². The molecule has 2 heterocycles. The van der Waals surface area contributed by atoms with Crippen LogP contribution in [0.25, 0.3) is 0 Å². The SMILES string of the molecule is Fc1c(Br)ccc2c1CN=C(C1CCOCC1)N2. The third-order valence-electron chi connectivity index (χ3n) is 3.47. The summed E-state index contributed by atoms with van der Waals surface area (Å²) < 4.78 is 19.7. The number of fused-ring (bicyclic) bond motifs is 1. The maximum Gasteiger partial charge on any atom is 0.144 e. The first-order valence-electron chi connectivity index (χ1n) is 6.11. The Morgan fingerprint density at radius 2 is 2.11 bits per heavy atom. The monoisotopic (exact) mass is 312 g/mol. The predicted octanol–water partition coefficient (Wildman–Crippen LogP) is 3.34. The van der Waals surface area contributed by atoms with Crippen LogP contribution in [0.4, 0.5) is 10.1 Å². The normalized spacial score (nSPS) is 20.0. The number of hydrogen-bond acceptors (Lipinski definition) is 3. The Morgan fingerprint density at radius 1 is 1.33 bits per heavy atom. The second kappa shape index (κ2) is 4.97. The van der Waals surface area contributed by atoms with E-state index in [1.807, 2.05) is 6.07 Å². The molecule has 5 heteroatoms. The zero-order chi connectivity index (χ0) is 12.5. The van der Waals surface area contributed by atoms with Crippen LogP contribution >= 0.6 is 15.9 Å². The Morgan fingerprint density at radius 3 is 2.89 bits per heavy atom. The summed E-state index contributed by atoms with van der Waals surface area (Å²) >= 11 is 3.20. The van der Waals surface area contributed by atoms with E-state index in [4.69, 9.17) is 4.74 Å². The standard InChI is InChI=1S/C13H14BrFN2O/c14-10-1-2-11-9(12(10)15)7-16-13(17-11)8-3-5-18-6-4-8/h1-2,8H,3-7H2,(H,16,17). The molecule has 2 aliphatic rings. The summed E-state index contributed by atoms with van der Waals surface area (Å²) in [5, 5.41) is 3.27. The summed E-state index contributed by atoms with van der Waals surface area (Å²) in [5.41, 5.74) is 1.48. The minimum atomic E-state index is -0.213. The van der Waals surface area contributed by atoms with Crippen LogP contribution in [0.1, 0.15) is 18.4 Å². The molecule has 0 aromatic heterocycles. The van der Waals surface area contributed by atoms with Gasteiger partial charge in [0.2, 0.25) is 0 Å². The van der Waals surface area contributed by atoms with Gasteiger partial charge in [-0.1, -0.05) is 0 Å². The van der Waals surface area contributed by atoms with Gasteiger partial charge < -0.3 is 10.1 Å². The van der Waals surface area contributed by atoms with Gasteiger partial charge in [0.15, 0.2) is 0 Å². The van der Waals surface area contributed by atoms with Gasteiger partial charge in [0.1, 0.15) is 11.7 Å². The summed E-state index contributed by atoms with van der Waals surface area (Å²) in [6.07, 6.45) is 1.97.